The fourth-order valence-corrected chi connectivity index (χ4v) is 1.85. The number of hydrogen-bond donors (Lipinski definition) is 1. The van der Waals surface area contributed by atoms with Gasteiger partial charge in [0.15, 0.2) is 0 Å². The molecule has 0 unspecified atom stereocenters. The molecule has 0 radical (unpaired) electrons. The Labute approximate surface area is 106 Å². The Morgan fingerprint density at radius 3 is 2.88 bits per heavy atom. The maximum Gasteiger partial charge on any atom is 0.137 e. The van der Waals surface area contributed by atoms with Gasteiger partial charge in [-0.25, -0.2) is 4.39 Å². The summed E-state index contributed by atoms with van der Waals surface area (Å²) in [6.07, 6.45) is 1.29. The second-order valence-corrected chi connectivity index (χ2v) is 4.49. The second-order valence-electron chi connectivity index (χ2n) is 3.63. The number of hydrogen-bond acceptors (Lipinski definition) is 3. The van der Waals surface area contributed by atoms with Crippen LogP contribution in [-0.4, -0.2) is 16.9 Å². The molecule has 1 aromatic carbocycles. The molecule has 2 aromatic rings. The highest BCUT2D eigenvalue weighted by molar-refractivity contribution is 9.10. The standard InChI is InChI=1S/C12H11BrFNO2/c13-10-6-8(3-4-11(10)14)12-7-9(17-15-12)2-1-5-16/h3-4,6-7,16H,1-2,5H2. The van der Waals surface area contributed by atoms with Gasteiger partial charge in [0.25, 0.3) is 0 Å². The van der Waals surface area contributed by atoms with Crippen molar-refractivity contribution in [2.45, 2.75) is 12.8 Å². The molecule has 2 rings (SSSR count). The summed E-state index contributed by atoms with van der Waals surface area (Å²) >= 11 is 3.13. The number of nitrogens with zero attached hydrogens (tertiary/aromatic N) is 1. The number of rotatable bonds is 4. The minimum absolute atomic E-state index is 0.123. The van der Waals surface area contributed by atoms with Crippen LogP contribution in [0.3, 0.4) is 0 Å². The van der Waals surface area contributed by atoms with Gasteiger partial charge in [0.1, 0.15) is 17.3 Å². The molecule has 0 aliphatic heterocycles. The zero-order chi connectivity index (χ0) is 12.3. The minimum atomic E-state index is -0.308. The predicted octanol–water partition coefficient (Wildman–Crippen LogP) is 3.17. The van der Waals surface area contributed by atoms with Gasteiger partial charge in [-0.3, -0.25) is 0 Å². The van der Waals surface area contributed by atoms with E-state index >= 15 is 0 Å². The van der Waals surface area contributed by atoms with Gasteiger partial charge in [0, 0.05) is 24.7 Å². The fourth-order valence-electron chi connectivity index (χ4n) is 1.48. The second kappa shape index (κ2) is 5.42. The Bertz CT molecular complexity index is 513. The van der Waals surface area contributed by atoms with Crippen LogP contribution in [0.1, 0.15) is 12.2 Å². The van der Waals surface area contributed by atoms with E-state index in [4.69, 9.17) is 9.63 Å². The molecule has 1 aromatic heterocycles. The lowest BCUT2D eigenvalue weighted by Gasteiger charge is -1.97. The van der Waals surface area contributed by atoms with Crippen molar-refractivity contribution < 1.29 is 14.0 Å². The fraction of sp³-hybridized carbons (Fsp3) is 0.250. The van der Waals surface area contributed by atoms with Crippen LogP contribution in [0, 0.1) is 5.82 Å². The van der Waals surface area contributed by atoms with E-state index in [-0.39, 0.29) is 12.4 Å². The molecule has 0 atom stereocenters. The van der Waals surface area contributed by atoms with E-state index in [9.17, 15) is 4.39 Å². The van der Waals surface area contributed by atoms with E-state index in [1.54, 1.807) is 18.2 Å². The molecular weight excluding hydrogens is 289 g/mol. The SMILES string of the molecule is OCCCc1cc(-c2ccc(F)c(Br)c2)no1. The van der Waals surface area contributed by atoms with Crippen LogP contribution in [0.15, 0.2) is 33.3 Å². The quantitative estimate of drug-likeness (QED) is 0.943. The molecule has 90 valence electrons. The Balaban J connectivity index is 2.21. The van der Waals surface area contributed by atoms with Crippen molar-refractivity contribution in [3.8, 4) is 11.3 Å². The Hall–Kier alpha value is -1.20. The maximum absolute atomic E-state index is 13.1. The average molecular weight is 300 g/mol. The van der Waals surface area contributed by atoms with Gasteiger partial charge in [0.05, 0.1) is 4.47 Å². The minimum Gasteiger partial charge on any atom is -0.396 e. The van der Waals surface area contributed by atoms with Gasteiger partial charge in [-0.15, -0.1) is 0 Å². The number of halogens is 2. The maximum atomic E-state index is 13.1. The third kappa shape index (κ3) is 2.92. The molecule has 0 fully saturated rings. The molecule has 0 amide bonds. The lowest BCUT2D eigenvalue weighted by Crippen LogP contribution is -1.86. The van der Waals surface area contributed by atoms with E-state index in [1.165, 1.54) is 6.07 Å². The number of aryl methyl sites for hydroxylation is 1. The third-order valence-corrected chi connectivity index (χ3v) is 2.96. The van der Waals surface area contributed by atoms with Gasteiger partial charge >= 0.3 is 0 Å². The Kier molecular flexibility index (Phi) is 3.91. The zero-order valence-electron chi connectivity index (χ0n) is 8.99. The van der Waals surface area contributed by atoms with Crippen molar-refractivity contribution in [3.05, 3.63) is 40.3 Å². The van der Waals surface area contributed by atoms with Crippen LogP contribution < -0.4 is 0 Å². The van der Waals surface area contributed by atoms with Crippen LogP contribution in [0.4, 0.5) is 4.39 Å². The van der Waals surface area contributed by atoms with Crippen molar-refractivity contribution in [1.29, 1.82) is 0 Å². The smallest absolute Gasteiger partial charge is 0.137 e. The molecule has 0 bridgehead atoms. The van der Waals surface area contributed by atoms with E-state index in [2.05, 4.69) is 21.1 Å². The van der Waals surface area contributed by atoms with E-state index in [1.807, 2.05) is 0 Å². The molecule has 0 spiro atoms. The van der Waals surface area contributed by atoms with Gasteiger partial charge in [-0.2, -0.15) is 0 Å². The molecule has 1 heterocycles. The molecule has 0 aliphatic carbocycles. The first-order chi connectivity index (χ1) is 8.20. The third-order valence-electron chi connectivity index (χ3n) is 2.36. The highest BCUT2D eigenvalue weighted by atomic mass is 79.9. The molecule has 17 heavy (non-hydrogen) atoms. The normalized spacial score (nSPS) is 10.8. The van der Waals surface area contributed by atoms with Crippen molar-refractivity contribution in [1.82, 2.24) is 5.16 Å². The van der Waals surface area contributed by atoms with Crippen molar-refractivity contribution in [3.63, 3.8) is 0 Å². The van der Waals surface area contributed by atoms with Crippen LogP contribution in [-0.2, 0) is 6.42 Å². The number of aliphatic hydroxyl groups is 1. The van der Waals surface area contributed by atoms with Gasteiger partial charge in [0.2, 0.25) is 0 Å². The monoisotopic (exact) mass is 299 g/mol. The number of aromatic nitrogens is 1. The first-order valence-electron chi connectivity index (χ1n) is 5.22. The summed E-state index contributed by atoms with van der Waals surface area (Å²) in [5, 5.41) is 12.6. The molecular formula is C12H11BrFNO2. The Morgan fingerprint density at radius 1 is 1.35 bits per heavy atom. The highest BCUT2D eigenvalue weighted by Gasteiger charge is 2.08. The molecule has 1 N–H and O–H groups in total. The van der Waals surface area contributed by atoms with E-state index in [0.717, 1.165) is 11.3 Å². The summed E-state index contributed by atoms with van der Waals surface area (Å²) in [5.41, 5.74) is 1.45. The zero-order valence-corrected chi connectivity index (χ0v) is 10.6. The summed E-state index contributed by atoms with van der Waals surface area (Å²) in [5.74, 6) is 0.409. The largest absolute Gasteiger partial charge is 0.396 e. The summed E-state index contributed by atoms with van der Waals surface area (Å²) < 4.78 is 18.6. The number of benzene rings is 1. The van der Waals surface area contributed by atoms with Crippen LogP contribution in [0.5, 0.6) is 0 Å². The van der Waals surface area contributed by atoms with Crippen LogP contribution >= 0.6 is 15.9 Å². The summed E-state index contributed by atoms with van der Waals surface area (Å²) in [4.78, 5) is 0. The molecule has 3 nitrogen and oxygen atoms in total. The lowest BCUT2D eigenvalue weighted by molar-refractivity contribution is 0.280. The molecule has 0 saturated carbocycles. The summed E-state index contributed by atoms with van der Waals surface area (Å²) in [6, 6.07) is 6.48. The van der Waals surface area contributed by atoms with Gasteiger partial charge < -0.3 is 9.63 Å². The molecule has 0 saturated heterocycles. The lowest BCUT2D eigenvalue weighted by atomic mass is 10.1. The van der Waals surface area contributed by atoms with Crippen LogP contribution in [0.25, 0.3) is 11.3 Å². The highest BCUT2D eigenvalue weighted by Crippen LogP contribution is 2.25. The average Bonchev–Trinajstić information content (AvgIpc) is 2.79. The Morgan fingerprint density at radius 2 is 2.18 bits per heavy atom. The van der Waals surface area contributed by atoms with Gasteiger partial charge in [-0.1, -0.05) is 5.16 Å². The van der Waals surface area contributed by atoms with Crippen molar-refractivity contribution >= 4 is 15.9 Å². The predicted molar refractivity (Wildman–Crippen MR) is 65.0 cm³/mol. The van der Waals surface area contributed by atoms with E-state index < -0.39 is 0 Å². The summed E-state index contributed by atoms with van der Waals surface area (Å²) in [6.45, 7) is 0.123. The topological polar surface area (TPSA) is 46.3 Å². The van der Waals surface area contributed by atoms with E-state index in [0.29, 0.717) is 23.0 Å². The van der Waals surface area contributed by atoms with Crippen LogP contribution in [0.2, 0.25) is 0 Å². The molecule has 0 aliphatic rings. The van der Waals surface area contributed by atoms with Gasteiger partial charge in [-0.05, 0) is 40.5 Å². The van der Waals surface area contributed by atoms with Crippen molar-refractivity contribution in [2.24, 2.45) is 0 Å². The first-order valence-corrected chi connectivity index (χ1v) is 6.02. The number of aliphatic hydroxyl groups excluding tert-OH is 1. The first kappa shape index (κ1) is 12.3. The summed E-state index contributed by atoms with van der Waals surface area (Å²) in [7, 11) is 0. The molecule has 5 heteroatoms. The van der Waals surface area contributed by atoms with Crippen molar-refractivity contribution in [2.75, 3.05) is 6.61 Å².